The van der Waals surface area contributed by atoms with Gasteiger partial charge in [-0.15, -0.1) is 0 Å². The smallest absolute Gasteiger partial charge is 0.272 e. The molecule has 2 N–H and O–H groups in total. The number of para-hydroxylation sites is 1. The molecule has 0 unspecified atom stereocenters. The number of aromatic nitrogens is 1. The van der Waals surface area contributed by atoms with Gasteiger partial charge in [-0.1, -0.05) is 60.1 Å². The summed E-state index contributed by atoms with van der Waals surface area (Å²) in [5, 5.41) is 4.51. The van der Waals surface area contributed by atoms with E-state index < -0.39 is 0 Å². The van der Waals surface area contributed by atoms with Gasteiger partial charge in [0.05, 0.1) is 5.92 Å². The minimum absolute atomic E-state index is 0.0209. The van der Waals surface area contributed by atoms with Gasteiger partial charge in [0.1, 0.15) is 5.69 Å². The van der Waals surface area contributed by atoms with E-state index in [0.29, 0.717) is 23.8 Å². The van der Waals surface area contributed by atoms with Gasteiger partial charge in [0.15, 0.2) is 0 Å². The number of benzene rings is 3. The predicted octanol–water partition coefficient (Wildman–Crippen LogP) is 5.70. The molecule has 1 aliphatic rings. The monoisotopic (exact) mass is 457 g/mol. The van der Waals surface area contributed by atoms with Crippen LogP contribution in [0.15, 0.2) is 83.7 Å². The molecule has 1 fully saturated rings. The van der Waals surface area contributed by atoms with Crippen molar-refractivity contribution in [2.24, 2.45) is 5.92 Å². The number of pyridine rings is 1. The molecule has 1 atom stereocenters. The second kappa shape index (κ2) is 9.12. The average molecular weight is 458 g/mol. The number of fused-ring (bicyclic) bond motifs is 1. The van der Waals surface area contributed by atoms with Gasteiger partial charge in [-0.3, -0.25) is 9.59 Å². The van der Waals surface area contributed by atoms with E-state index in [1.807, 2.05) is 72.8 Å². The van der Waals surface area contributed by atoms with Gasteiger partial charge in [-0.25, -0.2) is 0 Å². The van der Waals surface area contributed by atoms with Gasteiger partial charge in [0, 0.05) is 40.3 Å². The molecule has 0 radical (unpaired) electrons. The molecular weight excluding hydrogens is 434 g/mol. The van der Waals surface area contributed by atoms with Gasteiger partial charge in [0.25, 0.3) is 5.56 Å². The molecule has 1 amide bonds. The van der Waals surface area contributed by atoms with Gasteiger partial charge in [0.2, 0.25) is 5.91 Å². The van der Waals surface area contributed by atoms with Crippen LogP contribution in [-0.2, 0) is 4.79 Å². The van der Waals surface area contributed by atoms with Crippen molar-refractivity contribution in [2.45, 2.75) is 12.8 Å². The number of anilines is 2. The summed E-state index contributed by atoms with van der Waals surface area (Å²) in [6.07, 6.45) is 1.61. The molecule has 3 aromatic carbocycles. The number of halogens is 1. The van der Waals surface area contributed by atoms with Gasteiger partial charge in [-0.05, 0) is 48.7 Å². The molecule has 4 aromatic rings. The van der Waals surface area contributed by atoms with Crippen molar-refractivity contribution in [1.29, 1.82) is 0 Å². The first kappa shape index (κ1) is 21.3. The molecular formula is C27H24ClN3O2. The van der Waals surface area contributed by atoms with Crippen LogP contribution in [-0.4, -0.2) is 24.0 Å². The highest BCUT2D eigenvalue weighted by Crippen LogP contribution is 2.37. The van der Waals surface area contributed by atoms with Crippen molar-refractivity contribution in [3.8, 4) is 11.1 Å². The molecule has 0 spiro atoms. The summed E-state index contributed by atoms with van der Waals surface area (Å²) in [6, 6.07) is 24.9. The van der Waals surface area contributed by atoms with Crippen LogP contribution in [0.5, 0.6) is 0 Å². The number of hydrogen-bond donors (Lipinski definition) is 2. The Morgan fingerprint density at radius 3 is 2.48 bits per heavy atom. The molecule has 0 aliphatic carbocycles. The predicted molar refractivity (Wildman–Crippen MR) is 135 cm³/mol. The van der Waals surface area contributed by atoms with Gasteiger partial charge < -0.3 is 15.2 Å². The van der Waals surface area contributed by atoms with Crippen molar-refractivity contribution >= 4 is 39.8 Å². The molecule has 0 saturated carbocycles. The molecule has 5 nitrogen and oxygen atoms in total. The molecule has 0 bridgehead atoms. The number of nitrogens with one attached hydrogen (secondary N) is 2. The van der Waals surface area contributed by atoms with Crippen molar-refractivity contribution < 1.29 is 4.79 Å². The Hall–Kier alpha value is -3.57. The lowest BCUT2D eigenvalue weighted by molar-refractivity contribution is -0.120. The Bertz CT molecular complexity index is 1350. The largest absolute Gasteiger partial charge is 0.366 e. The van der Waals surface area contributed by atoms with E-state index in [1.165, 1.54) is 0 Å². The molecule has 166 valence electrons. The second-order valence-corrected chi connectivity index (χ2v) is 8.81. The lowest BCUT2D eigenvalue weighted by Crippen LogP contribution is -2.43. The summed E-state index contributed by atoms with van der Waals surface area (Å²) in [4.78, 5) is 31.4. The highest BCUT2D eigenvalue weighted by atomic mass is 35.5. The van der Waals surface area contributed by atoms with Gasteiger partial charge in [-0.2, -0.15) is 0 Å². The van der Waals surface area contributed by atoms with Crippen LogP contribution in [0.4, 0.5) is 11.4 Å². The average Bonchev–Trinajstić information content (AvgIpc) is 2.85. The molecule has 1 aliphatic heterocycles. The van der Waals surface area contributed by atoms with E-state index in [9.17, 15) is 9.59 Å². The quantitative estimate of drug-likeness (QED) is 0.413. The zero-order chi connectivity index (χ0) is 22.8. The normalized spacial score (nSPS) is 16.0. The Morgan fingerprint density at radius 1 is 1.00 bits per heavy atom. The van der Waals surface area contributed by atoms with Crippen LogP contribution in [0.1, 0.15) is 12.8 Å². The Labute approximate surface area is 197 Å². The summed E-state index contributed by atoms with van der Waals surface area (Å²) < 4.78 is 0. The summed E-state index contributed by atoms with van der Waals surface area (Å²) in [6.45, 7) is 1.19. The summed E-state index contributed by atoms with van der Waals surface area (Å²) in [5.74, 6) is -0.232. The fourth-order valence-electron chi connectivity index (χ4n) is 4.61. The van der Waals surface area contributed by atoms with E-state index in [1.54, 1.807) is 6.07 Å². The van der Waals surface area contributed by atoms with Crippen molar-refractivity contribution in [1.82, 2.24) is 4.98 Å². The topological polar surface area (TPSA) is 65.2 Å². The lowest BCUT2D eigenvalue weighted by atomic mass is 9.94. The molecule has 5 rings (SSSR count). The highest BCUT2D eigenvalue weighted by molar-refractivity contribution is 6.31. The van der Waals surface area contributed by atoms with E-state index in [4.69, 9.17) is 11.6 Å². The molecule has 1 aromatic heterocycles. The first-order valence-electron chi connectivity index (χ1n) is 11.1. The number of nitrogens with zero attached hydrogens (tertiary/aromatic N) is 1. The summed E-state index contributed by atoms with van der Waals surface area (Å²) >= 11 is 6.34. The van der Waals surface area contributed by atoms with E-state index in [2.05, 4.69) is 15.2 Å². The van der Waals surface area contributed by atoms with Crippen molar-refractivity contribution in [3.05, 3.63) is 94.2 Å². The fraction of sp³-hybridized carbons (Fsp3) is 0.185. The zero-order valence-corrected chi connectivity index (χ0v) is 18.8. The number of carbonyl (C=O) groups excluding carboxylic acids is 1. The Morgan fingerprint density at radius 2 is 1.73 bits per heavy atom. The second-order valence-electron chi connectivity index (χ2n) is 8.37. The third-order valence-corrected chi connectivity index (χ3v) is 6.40. The van der Waals surface area contributed by atoms with Crippen LogP contribution in [0, 0.1) is 5.92 Å². The van der Waals surface area contributed by atoms with Crippen LogP contribution >= 0.6 is 11.6 Å². The molecule has 6 heteroatoms. The van der Waals surface area contributed by atoms with Crippen molar-refractivity contribution in [3.63, 3.8) is 0 Å². The number of H-pyrrole nitrogens is 1. The summed E-state index contributed by atoms with van der Waals surface area (Å²) in [7, 11) is 0. The molecule has 2 heterocycles. The Balaban J connectivity index is 1.56. The highest BCUT2D eigenvalue weighted by Gasteiger charge is 2.29. The van der Waals surface area contributed by atoms with E-state index in [0.717, 1.165) is 40.6 Å². The van der Waals surface area contributed by atoms with E-state index in [-0.39, 0.29) is 17.4 Å². The number of hydrogen-bond acceptors (Lipinski definition) is 3. The minimum atomic E-state index is -0.211. The van der Waals surface area contributed by atoms with Crippen LogP contribution in [0.3, 0.4) is 0 Å². The first-order valence-corrected chi connectivity index (χ1v) is 11.5. The maximum atomic E-state index is 13.3. The number of rotatable bonds is 4. The number of aromatic amines is 1. The third-order valence-electron chi connectivity index (χ3n) is 6.16. The maximum absolute atomic E-state index is 13.3. The SMILES string of the molecule is O=C(Nc1ccccc1)[C@H]1CCCN(c2c(-c3ccccc3)c3cc(Cl)ccc3[nH]c2=O)C1. The molecule has 33 heavy (non-hydrogen) atoms. The van der Waals surface area contributed by atoms with Crippen LogP contribution < -0.4 is 15.8 Å². The third kappa shape index (κ3) is 4.37. The number of amides is 1. The van der Waals surface area contributed by atoms with Crippen LogP contribution in [0.2, 0.25) is 5.02 Å². The first-order chi connectivity index (χ1) is 16.1. The lowest BCUT2D eigenvalue weighted by Gasteiger charge is -2.34. The summed E-state index contributed by atoms with van der Waals surface area (Å²) in [5.41, 5.74) is 3.74. The fourth-order valence-corrected chi connectivity index (χ4v) is 4.79. The standard InChI is InChI=1S/C27H24ClN3O2/c28-20-13-14-23-22(16-20)24(18-8-3-1-4-9-18)25(27(33)30-23)31-15-7-10-19(17-31)26(32)29-21-11-5-2-6-12-21/h1-6,8-9,11-14,16,19H,7,10,15,17H2,(H,29,32)(H,30,33)/t19-/m0/s1. The van der Waals surface area contributed by atoms with Crippen molar-refractivity contribution in [2.75, 3.05) is 23.3 Å². The maximum Gasteiger partial charge on any atom is 0.272 e. The van der Waals surface area contributed by atoms with E-state index >= 15 is 0 Å². The Kier molecular flexibility index (Phi) is 5.88. The zero-order valence-electron chi connectivity index (χ0n) is 18.1. The number of carbonyl (C=O) groups is 1. The number of piperidine rings is 1. The van der Waals surface area contributed by atoms with Crippen LogP contribution in [0.25, 0.3) is 22.0 Å². The minimum Gasteiger partial charge on any atom is -0.366 e. The van der Waals surface area contributed by atoms with Gasteiger partial charge >= 0.3 is 0 Å². The molecule has 1 saturated heterocycles.